The molecule has 0 aliphatic heterocycles. The van der Waals surface area contributed by atoms with Crippen molar-refractivity contribution in [1.82, 2.24) is 15.5 Å². The van der Waals surface area contributed by atoms with Crippen molar-refractivity contribution in [3.8, 4) is 17.1 Å². The summed E-state index contributed by atoms with van der Waals surface area (Å²) in [5, 5.41) is 10.9. The molecule has 0 aliphatic carbocycles. The maximum atomic E-state index is 12.1. The van der Waals surface area contributed by atoms with E-state index in [0.717, 1.165) is 12.0 Å². The predicted molar refractivity (Wildman–Crippen MR) is 82.8 cm³/mol. The highest BCUT2D eigenvalue weighted by Gasteiger charge is 2.08. The number of hydrogen-bond acceptors (Lipinski definition) is 5. The molecule has 2 rings (SSSR count). The second-order valence-corrected chi connectivity index (χ2v) is 4.64. The summed E-state index contributed by atoms with van der Waals surface area (Å²) in [6.07, 6.45) is 0.784. The normalized spacial score (nSPS) is 10.3. The third-order valence-corrected chi connectivity index (χ3v) is 3.08. The topological polar surface area (TPSA) is 73.3 Å². The van der Waals surface area contributed by atoms with Crippen molar-refractivity contribution in [1.29, 1.82) is 0 Å². The maximum Gasteiger partial charge on any atom is 0.251 e. The highest BCUT2D eigenvalue weighted by Crippen LogP contribution is 2.19. The molecule has 1 aromatic heterocycles. The van der Waals surface area contributed by atoms with Gasteiger partial charge in [-0.15, -0.1) is 10.2 Å². The number of hydrogen-bond donors (Lipinski definition) is 1. The number of carbonyl (C=O) groups is 1. The lowest BCUT2D eigenvalue weighted by molar-refractivity contribution is 0.0948. The zero-order valence-electron chi connectivity index (χ0n) is 12.7. The van der Waals surface area contributed by atoms with Gasteiger partial charge in [-0.25, -0.2) is 0 Å². The molecule has 22 heavy (non-hydrogen) atoms. The summed E-state index contributed by atoms with van der Waals surface area (Å²) >= 11 is 0. The van der Waals surface area contributed by atoms with E-state index in [0.29, 0.717) is 30.3 Å². The highest BCUT2D eigenvalue weighted by molar-refractivity contribution is 5.95. The van der Waals surface area contributed by atoms with E-state index in [1.54, 1.807) is 31.4 Å². The summed E-state index contributed by atoms with van der Waals surface area (Å²) in [4.78, 5) is 12.1. The minimum atomic E-state index is -0.112. The van der Waals surface area contributed by atoms with E-state index >= 15 is 0 Å². The number of carbonyl (C=O) groups excluding carboxylic acids is 1. The van der Waals surface area contributed by atoms with Gasteiger partial charge in [0.05, 0.1) is 12.8 Å². The summed E-state index contributed by atoms with van der Waals surface area (Å²) < 4.78 is 9.93. The van der Waals surface area contributed by atoms with Crippen LogP contribution in [0, 0.1) is 0 Å². The lowest BCUT2D eigenvalue weighted by Crippen LogP contribution is -2.25. The minimum Gasteiger partial charge on any atom is -0.480 e. The summed E-state index contributed by atoms with van der Waals surface area (Å²) in [5.41, 5.74) is 2.11. The predicted octanol–water partition coefficient (Wildman–Crippen LogP) is 1.92. The Kier molecular flexibility index (Phi) is 5.85. The Labute approximate surface area is 129 Å². The first kappa shape index (κ1) is 15.9. The summed E-state index contributed by atoms with van der Waals surface area (Å²) in [7, 11) is 3.18. The number of nitrogens with zero attached hydrogens (tertiary/aromatic N) is 2. The van der Waals surface area contributed by atoms with E-state index in [1.807, 2.05) is 12.1 Å². The molecule has 116 valence electrons. The third-order valence-electron chi connectivity index (χ3n) is 3.08. The lowest BCUT2D eigenvalue weighted by Gasteiger charge is -2.07. The van der Waals surface area contributed by atoms with Gasteiger partial charge in [0.2, 0.25) is 5.88 Å². The van der Waals surface area contributed by atoms with Crippen molar-refractivity contribution < 1.29 is 14.3 Å². The molecule has 0 fully saturated rings. The quantitative estimate of drug-likeness (QED) is 0.791. The fourth-order valence-electron chi connectivity index (χ4n) is 1.92. The molecular formula is C16H19N3O3. The van der Waals surface area contributed by atoms with Gasteiger partial charge in [-0.05, 0) is 24.6 Å². The number of rotatable bonds is 7. The van der Waals surface area contributed by atoms with Crippen molar-refractivity contribution in [3.05, 3.63) is 42.0 Å². The second-order valence-electron chi connectivity index (χ2n) is 4.64. The van der Waals surface area contributed by atoms with Crippen molar-refractivity contribution in [2.75, 3.05) is 27.4 Å². The van der Waals surface area contributed by atoms with Crippen molar-refractivity contribution in [2.24, 2.45) is 0 Å². The van der Waals surface area contributed by atoms with Crippen LogP contribution < -0.4 is 10.1 Å². The van der Waals surface area contributed by atoms with Crippen molar-refractivity contribution >= 4 is 5.91 Å². The SMILES string of the molecule is COCCCNC(=O)c1cccc(-c2ccc(OC)nn2)c1. The molecule has 0 spiro atoms. The van der Waals surface area contributed by atoms with Crippen LogP contribution in [0.25, 0.3) is 11.3 Å². The molecule has 0 saturated carbocycles. The molecule has 6 heteroatoms. The third kappa shape index (κ3) is 4.26. The van der Waals surface area contributed by atoms with Gasteiger partial charge in [-0.2, -0.15) is 0 Å². The van der Waals surface area contributed by atoms with Crippen LogP contribution in [0.3, 0.4) is 0 Å². The number of methoxy groups -OCH3 is 2. The number of aromatic nitrogens is 2. The average molecular weight is 301 g/mol. The fraction of sp³-hybridized carbons (Fsp3) is 0.312. The monoisotopic (exact) mass is 301 g/mol. The van der Waals surface area contributed by atoms with Gasteiger partial charge >= 0.3 is 0 Å². The molecule has 0 aliphatic rings. The Morgan fingerprint density at radius 3 is 2.73 bits per heavy atom. The Morgan fingerprint density at radius 2 is 2.05 bits per heavy atom. The number of amides is 1. The van der Waals surface area contributed by atoms with Crippen LogP contribution in [0.4, 0.5) is 0 Å². The first-order valence-electron chi connectivity index (χ1n) is 7.00. The molecule has 0 atom stereocenters. The Bertz CT molecular complexity index is 614. The molecule has 0 radical (unpaired) electrons. The maximum absolute atomic E-state index is 12.1. The van der Waals surface area contributed by atoms with Crippen molar-refractivity contribution in [3.63, 3.8) is 0 Å². The van der Waals surface area contributed by atoms with Crippen LogP contribution in [-0.2, 0) is 4.74 Å². The van der Waals surface area contributed by atoms with Crippen LogP contribution in [0.15, 0.2) is 36.4 Å². The summed E-state index contributed by atoms with van der Waals surface area (Å²) in [5.74, 6) is 0.343. The highest BCUT2D eigenvalue weighted by atomic mass is 16.5. The van der Waals surface area contributed by atoms with Gasteiger partial charge in [0, 0.05) is 37.5 Å². The number of nitrogens with one attached hydrogen (secondary N) is 1. The molecule has 0 unspecified atom stereocenters. The Balaban J connectivity index is 2.06. The van der Waals surface area contributed by atoms with E-state index in [2.05, 4.69) is 15.5 Å². The molecule has 1 heterocycles. The fourth-order valence-corrected chi connectivity index (χ4v) is 1.92. The van der Waals surface area contributed by atoms with E-state index in [-0.39, 0.29) is 5.91 Å². The van der Waals surface area contributed by atoms with E-state index in [1.165, 1.54) is 7.11 Å². The van der Waals surface area contributed by atoms with Gasteiger partial charge in [0.1, 0.15) is 0 Å². The van der Waals surface area contributed by atoms with E-state index in [4.69, 9.17) is 9.47 Å². The average Bonchev–Trinajstić information content (AvgIpc) is 2.59. The summed E-state index contributed by atoms with van der Waals surface area (Å²) in [6.45, 7) is 1.21. The standard InChI is InChI=1S/C16H19N3O3/c1-21-10-4-9-17-16(20)13-6-3-5-12(11-13)14-7-8-15(22-2)19-18-14/h3,5-8,11H,4,9-10H2,1-2H3,(H,17,20). The van der Waals surface area contributed by atoms with Crippen LogP contribution in [0.2, 0.25) is 0 Å². The zero-order chi connectivity index (χ0) is 15.8. The molecule has 6 nitrogen and oxygen atoms in total. The van der Waals surface area contributed by atoms with Crippen LogP contribution >= 0.6 is 0 Å². The van der Waals surface area contributed by atoms with E-state index in [9.17, 15) is 4.79 Å². The minimum absolute atomic E-state index is 0.112. The van der Waals surface area contributed by atoms with Crippen LogP contribution in [0.1, 0.15) is 16.8 Å². The molecular weight excluding hydrogens is 282 g/mol. The molecule has 1 aromatic carbocycles. The number of benzene rings is 1. The lowest BCUT2D eigenvalue weighted by atomic mass is 10.1. The van der Waals surface area contributed by atoms with Crippen LogP contribution in [-0.4, -0.2) is 43.5 Å². The van der Waals surface area contributed by atoms with Crippen molar-refractivity contribution in [2.45, 2.75) is 6.42 Å². The Morgan fingerprint density at radius 1 is 1.18 bits per heavy atom. The zero-order valence-corrected chi connectivity index (χ0v) is 12.7. The smallest absolute Gasteiger partial charge is 0.251 e. The van der Waals surface area contributed by atoms with E-state index < -0.39 is 0 Å². The molecule has 2 aromatic rings. The van der Waals surface area contributed by atoms with Crippen LogP contribution in [0.5, 0.6) is 5.88 Å². The Hall–Kier alpha value is -2.47. The van der Waals surface area contributed by atoms with Gasteiger partial charge in [-0.3, -0.25) is 4.79 Å². The van der Waals surface area contributed by atoms with Gasteiger partial charge < -0.3 is 14.8 Å². The van der Waals surface area contributed by atoms with Gasteiger partial charge in [0.25, 0.3) is 5.91 Å². The molecule has 0 saturated heterocycles. The summed E-state index contributed by atoms with van der Waals surface area (Å²) in [6, 6.07) is 10.8. The van der Waals surface area contributed by atoms with Gasteiger partial charge in [0.15, 0.2) is 0 Å². The second kappa shape index (κ2) is 8.09. The molecule has 1 N–H and O–H groups in total. The first-order chi connectivity index (χ1) is 10.7. The largest absolute Gasteiger partial charge is 0.480 e. The molecule has 0 bridgehead atoms. The molecule has 1 amide bonds. The number of ether oxygens (including phenoxy) is 2. The van der Waals surface area contributed by atoms with Gasteiger partial charge in [-0.1, -0.05) is 12.1 Å². The first-order valence-corrected chi connectivity index (χ1v) is 7.00.